The van der Waals surface area contributed by atoms with E-state index in [1.54, 1.807) is 61.8 Å². The average Bonchev–Trinajstić information content (AvgIpc) is 3.23. The third-order valence-electron chi connectivity index (χ3n) is 8.44. The van der Waals surface area contributed by atoms with Gasteiger partial charge >= 0.3 is 6.18 Å². The Hall–Kier alpha value is -6.90. The number of aldehydes is 1. The molecule has 16 heteroatoms. The normalized spacial score (nSPS) is 11.2. The van der Waals surface area contributed by atoms with Crippen LogP contribution in [0.5, 0.6) is 11.5 Å². The summed E-state index contributed by atoms with van der Waals surface area (Å²) in [4.78, 5) is 26.4. The number of halogens is 7. The Morgan fingerprint density at radius 2 is 1.37 bits per heavy atom. The quantitative estimate of drug-likeness (QED) is 0.0981. The lowest BCUT2D eigenvalue weighted by atomic mass is 9.95. The standard InChI is InChI=1S/C22H17ClFN3O.C9H7NO.C8H4F4O.C5H5ClN2/c1-13-4-5-15(11-18(13)24)20(27-19-9-7-16(23)12-26-19)17-8-6-14-3-2-10-25-21(14)22(17)28;11-8-5-1-3-7-4-2-6-10-9(7)8;9-7-3-5(4-13)1-2-6(7)8(10,11)12;6-4-1-2-5(7)8-3-4/h2-12,20,28H,1H3,(H,26,27);1-6,11H;1-4H;1-3H,(H2,7,8). The molecule has 4 heterocycles. The molecule has 0 radical (unpaired) electrons. The molecule has 0 aliphatic carbocycles. The fourth-order valence-corrected chi connectivity index (χ4v) is 5.65. The maximum Gasteiger partial charge on any atom is 0.419 e. The van der Waals surface area contributed by atoms with Crippen molar-refractivity contribution in [3.05, 3.63) is 190 Å². The summed E-state index contributed by atoms with van der Waals surface area (Å²) < 4.78 is 62.8. The first-order valence-corrected chi connectivity index (χ1v) is 18.3. The van der Waals surface area contributed by atoms with Gasteiger partial charge in [0.05, 0.1) is 21.7 Å². The molecule has 0 aliphatic rings. The monoisotopic (exact) mass is 858 g/mol. The minimum Gasteiger partial charge on any atom is -0.506 e. The summed E-state index contributed by atoms with van der Waals surface area (Å²) in [6, 6.07) is 29.8. The summed E-state index contributed by atoms with van der Waals surface area (Å²) in [6.45, 7) is 1.71. The van der Waals surface area contributed by atoms with Gasteiger partial charge in [0.15, 0.2) is 0 Å². The van der Waals surface area contributed by atoms with Gasteiger partial charge in [-0.1, -0.05) is 77.8 Å². The minimum atomic E-state index is -4.72. The van der Waals surface area contributed by atoms with E-state index in [9.17, 15) is 37.0 Å². The van der Waals surface area contributed by atoms with Crippen LogP contribution >= 0.6 is 23.2 Å². The van der Waals surface area contributed by atoms with Crippen LogP contribution in [0, 0.1) is 18.6 Å². The number of pyridine rings is 4. The Morgan fingerprint density at radius 3 is 1.93 bits per heavy atom. The van der Waals surface area contributed by atoms with Crippen molar-refractivity contribution in [1.82, 2.24) is 19.9 Å². The lowest BCUT2D eigenvalue weighted by Gasteiger charge is -2.22. The molecule has 0 saturated carbocycles. The van der Waals surface area contributed by atoms with Crippen LogP contribution in [0.2, 0.25) is 10.0 Å². The van der Waals surface area contributed by atoms with Crippen molar-refractivity contribution in [2.24, 2.45) is 0 Å². The number of phenols is 2. The number of carbonyl (C=O) groups is 1. The van der Waals surface area contributed by atoms with Crippen molar-refractivity contribution in [2.75, 3.05) is 11.1 Å². The highest BCUT2D eigenvalue weighted by Gasteiger charge is 2.33. The molecule has 0 spiro atoms. The highest BCUT2D eigenvalue weighted by Crippen LogP contribution is 2.37. The molecule has 0 saturated heterocycles. The van der Waals surface area contributed by atoms with Crippen molar-refractivity contribution in [2.45, 2.75) is 19.1 Å². The van der Waals surface area contributed by atoms with Gasteiger partial charge < -0.3 is 21.3 Å². The summed E-state index contributed by atoms with van der Waals surface area (Å²) in [5.41, 5.74) is 6.71. The maximum atomic E-state index is 14.3. The molecule has 306 valence electrons. The number of aryl methyl sites for hydroxylation is 1. The van der Waals surface area contributed by atoms with Gasteiger partial charge in [0.1, 0.15) is 52.1 Å². The Bertz CT molecular complexity index is 2680. The van der Waals surface area contributed by atoms with E-state index in [1.165, 1.54) is 18.5 Å². The van der Waals surface area contributed by atoms with E-state index in [4.69, 9.17) is 28.9 Å². The second-order valence-corrected chi connectivity index (χ2v) is 13.5. The first kappa shape index (κ1) is 44.2. The lowest BCUT2D eigenvalue weighted by molar-refractivity contribution is -0.140. The van der Waals surface area contributed by atoms with E-state index in [2.05, 4.69) is 25.3 Å². The summed E-state index contributed by atoms with van der Waals surface area (Å²) >= 11 is 11.4. The van der Waals surface area contributed by atoms with E-state index in [0.29, 0.717) is 61.5 Å². The zero-order chi connectivity index (χ0) is 43.4. The molecule has 5 N–H and O–H groups in total. The minimum absolute atomic E-state index is 0.0468. The Kier molecular flexibility index (Phi) is 14.9. The van der Waals surface area contributed by atoms with Gasteiger partial charge in [-0.25, -0.2) is 18.7 Å². The Balaban J connectivity index is 0.000000175. The lowest BCUT2D eigenvalue weighted by Crippen LogP contribution is -2.14. The first-order chi connectivity index (χ1) is 28.6. The fourth-order valence-electron chi connectivity index (χ4n) is 5.43. The highest BCUT2D eigenvalue weighted by molar-refractivity contribution is 6.30. The molecular formula is C44H33Cl2F5N6O3. The van der Waals surface area contributed by atoms with Crippen molar-refractivity contribution in [3.63, 3.8) is 0 Å². The topological polar surface area (TPSA) is 147 Å². The Labute approximate surface area is 350 Å². The molecule has 9 nitrogen and oxygen atoms in total. The number of fused-ring (bicyclic) bond motifs is 2. The molecule has 4 aromatic carbocycles. The number of nitrogens with one attached hydrogen (secondary N) is 1. The van der Waals surface area contributed by atoms with Gasteiger partial charge in [-0.05, 0) is 78.7 Å². The van der Waals surface area contributed by atoms with Crippen LogP contribution in [0.25, 0.3) is 21.8 Å². The number of nitrogens with two attached hydrogens (primary N) is 1. The largest absolute Gasteiger partial charge is 0.506 e. The number of alkyl halides is 3. The zero-order valence-corrected chi connectivity index (χ0v) is 32.8. The van der Waals surface area contributed by atoms with Crippen molar-refractivity contribution in [1.29, 1.82) is 0 Å². The number of hydrogen-bond donors (Lipinski definition) is 4. The number of rotatable bonds is 5. The molecule has 0 aliphatic heterocycles. The van der Waals surface area contributed by atoms with Gasteiger partial charge in [0.25, 0.3) is 0 Å². The summed E-state index contributed by atoms with van der Waals surface area (Å²) in [6.07, 6.45) is 1.90. The summed E-state index contributed by atoms with van der Waals surface area (Å²) in [5.74, 6) is -0.414. The first-order valence-electron chi connectivity index (χ1n) is 17.6. The predicted molar refractivity (Wildman–Crippen MR) is 223 cm³/mol. The van der Waals surface area contributed by atoms with Gasteiger partial charge in [-0.2, -0.15) is 13.2 Å². The van der Waals surface area contributed by atoms with E-state index in [1.807, 2.05) is 48.5 Å². The van der Waals surface area contributed by atoms with Gasteiger partial charge in [-0.15, -0.1) is 0 Å². The number of aromatic hydroxyl groups is 2. The molecule has 8 aromatic rings. The van der Waals surface area contributed by atoms with Gasteiger partial charge in [-0.3, -0.25) is 14.8 Å². The molecule has 8 rings (SSSR count). The number of hydrogen-bond acceptors (Lipinski definition) is 9. The van der Waals surface area contributed by atoms with Crippen LogP contribution in [0.15, 0.2) is 140 Å². The number of phenolic OH excluding ortho intramolecular Hbond substituents is 2. The predicted octanol–water partition coefficient (Wildman–Crippen LogP) is 11.6. The van der Waals surface area contributed by atoms with Crippen LogP contribution in [0.4, 0.5) is 33.6 Å². The number of carbonyl (C=O) groups excluding carboxylic acids is 1. The number of anilines is 2. The molecule has 1 unspecified atom stereocenters. The fraction of sp³-hybridized carbons (Fsp3) is 0.0682. The maximum absolute atomic E-state index is 14.3. The van der Waals surface area contributed by atoms with E-state index < -0.39 is 23.6 Å². The van der Waals surface area contributed by atoms with Crippen molar-refractivity contribution in [3.8, 4) is 11.5 Å². The third kappa shape index (κ3) is 11.8. The smallest absolute Gasteiger partial charge is 0.419 e. The molecular weight excluding hydrogens is 826 g/mol. The summed E-state index contributed by atoms with van der Waals surface area (Å²) in [7, 11) is 0. The van der Waals surface area contributed by atoms with E-state index in [-0.39, 0.29) is 29.2 Å². The second kappa shape index (κ2) is 20.2. The molecule has 0 bridgehead atoms. The number of nitrogen functional groups attached to an aromatic ring is 1. The van der Waals surface area contributed by atoms with Crippen LogP contribution in [-0.2, 0) is 6.18 Å². The zero-order valence-electron chi connectivity index (χ0n) is 31.2. The van der Waals surface area contributed by atoms with Crippen LogP contribution in [-0.4, -0.2) is 36.4 Å². The van der Waals surface area contributed by atoms with Crippen LogP contribution < -0.4 is 11.1 Å². The van der Waals surface area contributed by atoms with Gasteiger partial charge in [0.2, 0.25) is 0 Å². The number of benzene rings is 4. The SMILES string of the molecule is Cc1ccc(C(Nc2ccc(Cl)cn2)c2ccc3cccnc3c2O)cc1F.Nc1ccc(Cl)cn1.O=Cc1ccc(C(F)(F)F)c(F)c1.Oc1cccc2cccnc12. The average molecular weight is 860 g/mol. The second-order valence-electron chi connectivity index (χ2n) is 12.6. The number of nitrogens with zero attached hydrogens (tertiary/aromatic N) is 4. The van der Waals surface area contributed by atoms with Crippen molar-refractivity contribution >= 4 is 62.9 Å². The van der Waals surface area contributed by atoms with Crippen molar-refractivity contribution < 1.29 is 37.0 Å². The molecule has 0 fully saturated rings. The third-order valence-corrected chi connectivity index (χ3v) is 8.88. The van der Waals surface area contributed by atoms with E-state index in [0.717, 1.165) is 16.8 Å². The molecule has 0 amide bonds. The number of aromatic nitrogens is 4. The number of para-hydroxylation sites is 1. The molecule has 1 atom stereocenters. The van der Waals surface area contributed by atoms with Crippen LogP contribution in [0.1, 0.15) is 38.7 Å². The van der Waals surface area contributed by atoms with Gasteiger partial charge in [0, 0.05) is 46.7 Å². The molecule has 60 heavy (non-hydrogen) atoms. The Morgan fingerprint density at radius 1 is 0.717 bits per heavy atom. The summed E-state index contributed by atoms with van der Waals surface area (Å²) in [5, 5.41) is 26.4. The molecule has 4 aromatic heterocycles. The van der Waals surface area contributed by atoms with Crippen LogP contribution in [0.3, 0.4) is 0 Å². The van der Waals surface area contributed by atoms with E-state index >= 15 is 0 Å². The highest BCUT2D eigenvalue weighted by atomic mass is 35.5.